The summed E-state index contributed by atoms with van der Waals surface area (Å²) in [5.74, 6) is 0.345. The van der Waals surface area contributed by atoms with Gasteiger partial charge in [0.05, 0.1) is 0 Å². The molecule has 0 heterocycles. The summed E-state index contributed by atoms with van der Waals surface area (Å²) < 4.78 is 0. The minimum Gasteiger partial charge on any atom is -0.323 e. The Balaban J connectivity index is 2.67. The van der Waals surface area contributed by atoms with Crippen molar-refractivity contribution in [2.24, 2.45) is 11.7 Å². The van der Waals surface area contributed by atoms with Crippen LogP contribution in [0, 0.1) is 11.3 Å². The molecule has 2 nitrogen and oxygen atoms in total. The highest BCUT2D eigenvalue weighted by Crippen LogP contribution is 2.21. The molecule has 0 aliphatic heterocycles. The van der Waals surface area contributed by atoms with E-state index >= 15 is 0 Å². The molecule has 1 unspecified atom stereocenters. The van der Waals surface area contributed by atoms with Crippen LogP contribution in [-0.4, -0.2) is 12.3 Å². The van der Waals surface area contributed by atoms with Crippen LogP contribution in [0.5, 0.6) is 0 Å². The molecule has 0 amide bonds. The minimum absolute atomic E-state index is 0.115. The van der Waals surface area contributed by atoms with Crippen LogP contribution >= 0.6 is 0 Å². The van der Waals surface area contributed by atoms with Gasteiger partial charge in [0.1, 0.15) is 0 Å². The van der Waals surface area contributed by atoms with Crippen LogP contribution in [0.3, 0.4) is 0 Å². The van der Waals surface area contributed by atoms with Crippen LogP contribution in [0.25, 0.3) is 0 Å². The van der Waals surface area contributed by atoms with E-state index < -0.39 is 0 Å². The minimum atomic E-state index is -0.115. The van der Waals surface area contributed by atoms with Gasteiger partial charge in [0.2, 0.25) is 0 Å². The molecule has 0 saturated carbocycles. The molecule has 1 aliphatic carbocycles. The van der Waals surface area contributed by atoms with Gasteiger partial charge in [-0.05, 0) is 13.3 Å². The molecular formula is C9H14N2. The zero-order valence-corrected chi connectivity index (χ0v) is 6.75. The van der Waals surface area contributed by atoms with Gasteiger partial charge in [0, 0.05) is 18.2 Å². The fraction of sp³-hybridized carbons (Fsp3) is 0.444. The highest BCUT2D eigenvalue weighted by molar-refractivity contribution is 5.62. The van der Waals surface area contributed by atoms with Crippen molar-refractivity contribution < 1.29 is 0 Å². The topological polar surface area (TPSA) is 49.9 Å². The highest BCUT2D eigenvalue weighted by atomic mass is 14.7. The summed E-state index contributed by atoms with van der Waals surface area (Å²) in [5, 5.41) is 7.03. The van der Waals surface area contributed by atoms with Crippen molar-refractivity contribution in [1.29, 1.82) is 5.41 Å². The predicted octanol–water partition coefficient (Wildman–Crippen LogP) is 1.49. The van der Waals surface area contributed by atoms with E-state index in [-0.39, 0.29) is 6.04 Å². The van der Waals surface area contributed by atoms with Gasteiger partial charge in [-0.2, -0.15) is 0 Å². The van der Waals surface area contributed by atoms with Gasteiger partial charge >= 0.3 is 0 Å². The van der Waals surface area contributed by atoms with Crippen molar-refractivity contribution in [3.05, 3.63) is 23.8 Å². The van der Waals surface area contributed by atoms with Crippen LogP contribution in [-0.2, 0) is 0 Å². The second-order valence-corrected chi connectivity index (χ2v) is 2.93. The van der Waals surface area contributed by atoms with Gasteiger partial charge in [-0.3, -0.25) is 0 Å². The summed E-state index contributed by atoms with van der Waals surface area (Å²) in [5.41, 5.74) is 7.00. The molecule has 1 rings (SSSR count). The molecule has 2 atom stereocenters. The monoisotopic (exact) mass is 150 g/mol. The lowest BCUT2D eigenvalue weighted by atomic mass is 9.87. The van der Waals surface area contributed by atoms with E-state index in [1.165, 1.54) is 11.8 Å². The first-order valence-corrected chi connectivity index (χ1v) is 3.85. The Kier molecular flexibility index (Phi) is 2.60. The second kappa shape index (κ2) is 3.49. The van der Waals surface area contributed by atoms with Crippen molar-refractivity contribution in [1.82, 2.24) is 0 Å². The van der Waals surface area contributed by atoms with Gasteiger partial charge in [0.25, 0.3) is 0 Å². The molecule has 0 bridgehead atoms. The van der Waals surface area contributed by atoms with Crippen molar-refractivity contribution in [2.75, 3.05) is 0 Å². The van der Waals surface area contributed by atoms with Crippen molar-refractivity contribution >= 4 is 6.21 Å². The molecule has 11 heavy (non-hydrogen) atoms. The maximum absolute atomic E-state index is 7.03. The third kappa shape index (κ3) is 1.77. The third-order valence-corrected chi connectivity index (χ3v) is 2.13. The van der Waals surface area contributed by atoms with E-state index in [0.29, 0.717) is 5.92 Å². The lowest BCUT2D eigenvalue weighted by Crippen LogP contribution is -2.32. The summed E-state index contributed by atoms with van der Waals surface area (Å²) in [6.45, 7) is 2.07. The molecule has 0 aromatic heterocycles. The molecule has 1 aliphatic rings. The summed E-state index contributed by atoms with van der Waals surface area (Å²) in [6, 6.07) is -0.115. The van der Waals surface area contributed by atoms with E-state index in [1.807, 2.05) is 6.08 Å². The van der Waals surface area contributed by atoms with E-state index in [2.05, 4.69) is 19.1 Å². The number of rotatable bonds is 2. The number of hydrogen-bond donors (Lipinski definition) is 2. The SMILES string of the molecule is CC1=CC=CCC1[C@@H](N)C=N. The number of nitrogens with one attached hydrogen (secondary N) is 1. The van der Waals surface area contributed by atoms with Crippen molar-refractivity contribution in [3.63, 3.8) is 0 Å². The van der Waals surface area contributed by atoms with Gasteiger partial charge in [-0.1, -0.05) is 23.8 Å². The van der Waals surface area contributed by atoms with Crippen molar-refractivity contribution in [2.45, 2.75) is 19.4 Å². The molecule has 0 radical (unpaired) electrons. The molecule has 0 aromatic carbocycles. The molecule has 0 fully saturated rings. The van der Waals surface area contributed by atoms with Gasteiger partial charge in [-0.15, -0.1) is 0 Å². The molecule has 0 aromatic rings. The fourth-order valence-corrected chi connectivity index (χ4v) is 1.33. The lowest BCUT2D eigenvalue weighted by Gasteiger charge is -2.21. The quantitative estimate of drug-likeness (QED) is 0.575. The maximum atomic E-state index is 7.03. The number of hydrogen-bond acceptors (Lipinski definition) is 2. The maximum Gasteiger partial charge on any atom is 0.0461 e. The van der Waals surface area contributed by atoms with E-state index in [4.69, 9.17) is 11.1 Å². The molecule has 2 heteroatoms. The standard InChI is InChI=1S/C9H14N2/c1-7-4-2-3-5-8(7)9(11)6-10/h2-4,6,8-10H,5,11H2,1H3/t8?,9-/m0/s1. The lowest BCUT2D eigenvalue weighted by molar-refractivity contribution is 0.574. The molecule has 0 spiro atoms. The number of allylic oxidation sites excluding steroid dienone is 3. The van der Waals surface area contributed by atoms with Crippen LogP contribution in [0.1, 0.15) is 13.3 Å². The summed E-state index contributed by atoms with van der Waals surface area (Å²) in [7, 11) is 0. The normalized spacial score (nSPS) is 26.0. The van der Waals surface area contributed by atoms with Gasteiger partial charge in [0.15, 0.2) is 0 Å². The Labute approximate surface area is 67.3 Å². The Morgan fingerprint density at radius 1 is 1.82 bits per heavy atom. The predicted molar refractivity (Wildman–Crippen MR) is 47.8 cm³/mol. The van der Waals surface area contributed by atoms with Gasteiger partial charge in [-0.25, -0.2) is 0 Å². The first-order chi connectivity index (χ1) is 5.25. The fourth-order valence-electron chi connectivity index (χ4n) is 1.33. The van der Waals surface area contributed by atoms with E-state index in [0.717, 1.165) is 6.42 Å². The summed E-state index contributed by atoms with van der Waals surface area (Å²) in [6.07, 6.45) is 8.50. The first-order valence-electron chi connectivity index (χ1n) is 3.85. The summed E-state index contributed by atoms with van der Waals surface area (Å²) in [4.78, 5) is 0. The molecule has 60 valence electrons. The van der Waals surface area contributed by atoms with Gasteiger partial charge < -0.3 is 11.1 Å². The second-order valence-electron chi connectivity index (χ2n) is 2.93. The number of nitrogens with two attached hydrogens (primary N) is 1. The Bertz CT molecular complexity index is 204. The Hall–Kier alpha value is -0.890. The zero-order valence-electron chi connectivity index (χ0n) is 6.75. The highest BCUT2D eigenvalue weighted by Gasteiger charge is 2.17. The third-order valence-electron chi connectivity index (χ3n) is 2.13. The largest absolute Gasteiger partial charge is 0.323 e. The first kappa shape index (κ1) is 8.21. The van der Waals surface area contributed by atoms with E-state index in [9.17, 15) is 0 Å². The van der Waals surface area contributed by atoms with E-state index in [1.54, 1.807) is 0 Å². The summed E-state index contributed by atoms with van der Waals surface area (Å²) >= 11 is 0. The Morgan fingerprint density at radius 3 is 3.09 bits per heavy atom. The smallest absolute Gasteiger partial charge is 0.0461 e. The van der Waals surface area contributed by atoms with Crippen LogP contribution in [0.2, 0.25) is 0 Å². The van der Waals surface area contributed by atoms with Crippen LogP contribution in [0.4, 0.5) is 0 Å². The average Bonchev–Trinajstić information content (AvgIpc) is 2.04. The van der Waals surface area contributed by atoms with Crippen LogP contribution in [0.15, 0.2) is 23.8 Å². The average molecular weight is 150 g/mol. The zero-order chi connectivity index (χ0) is 8.27. The Morgan fingerprint density at radius 2 is 2.55 bits per heavy atom. The molecular weight excluding hydrogens is 136 g/mol. The van der Waals surface area contributed by atoms with Crippen molar-refractivity contribution in [3.8, 4) is 0 Å². The van der Waals surface area contributed by atoms with Crippen LogP contribution < -0.4 is 5.73 Å². The molecule has 3 N–H and O–H groups in total. The molecule has 0 saturated heterocycles.